The van der Waals surface area contributed by atoms with Crippen molar-refractivity contribution in [2.45, 2.75) is 13.0 Å². The van der Waals surface area contributed by atoms with Gasteiger partial charge in [-0.15, -0.1) is 11.3 Å². The Morgan fingerprint density at radius 2 is 2.07 bits per heavy atom. The van der Waals surface area contributed by atoms with Crippen molar-refractivity contribution < 1.29 is 9.53 Å². The lowest BCUT2D eigenvalue weighted by Crippen LogP contribution is -2.36. The van der Waals surface area contributed by atoms with Gasteiger partial charge in [0.05, 0.1) is 5.02 Å². The van der Waals surface area contributed by atoms with E-state index in [-0.39, 0.29) is 12.5 Å². The first-order valence-corrected chi connectivity index (χ1v) is 10.0. The van der Waals surface area contributed by atoms with Crippen LogP contribution in [0, 0.1) is 0 Å². The molecule has 3 rings (SSSR count). The van der Waals surface area contributed by atoms with Crippen molar-refractivity contribution in [1.29, 1.82) is 0 Å². The molecule has 0 aliphatic carbocycles. The highest BCUT2D eigenvalue weighted by molar-refractivity contribution is 7.09. The van der Waals surface area contributed by atoms with Crippen LogP contribution in [-0.2, 0) is 17.8 Å². The Bertz CT molecular complexity index is 873. The predicted octanol–water partition coefficient (Wildman–Crippen LogP) is 5.10. The van der Waals surface area contributed by atoms with Crippen molar-refractivity contribution in [2.75, 3.05) is 13.2 Å². The summed E-state index contributed by atoms with van der Waals surface area (Å²) in [7, 11) is 0. The van der Waals surface area contributed by atoms with E-state index in [9.17, 15) is 4.79 Å². The number of benzene rings is 1. The molecule has 2 heterocycles. The zero-order valence-corrected chi connectivity index (χ0v) is 16.8. The molecule has 3 aromatic rings. The summed E-state index contributed by atoms with van der Waals surface area (Å²) in [6, 6.07) is 12.8. The van der Waals surface area contributed by atoms with Gasteiger partial charge in [0.15, 0.2) is 6.61 Å². The second kappa shape index (κ2) is 9.74. The number of ether oxygens (including phenoxy) is 1. The Kier molecular flexibility index (Phi) is 7.10. The van der Waals surface area contributed by atoms with Crippen molar-refractivity contribution in [2.24, 2.45) is 0 Å². The Hall–Kier alpha value is -2.08. The summed E-state index contributed by atoms with van der Waals surface area (Å²) in [4.78, 5) is 19.9. The normalized spacial score (nSPS) is 10.6. The third-order valence-corrected chi connectivity index (χ3v) is 5.37. The zero-order valence-electron chi connectivity index (χ0n) is 14.5. The van der Waals surface area contributed by atoms with E-state index in [1.165, 1.54) is 4.88 Å². The van der Waals surface area contributed by atoms with Crippen molar-refractivity contribution in [1.82, 2.24) is 9.88 Å². The molecule has 0 fully saturated rings. The molecule has 27 heavy (non-hydrogen) atoms. The number of rotatable bonds is 8. The summed E-state index contributed by atoms with van der Waals surface area (Å²) in [6.45, 7) is 0.994. The lowest BCUT2D eigenvalue weighted by Gasteiger charge is -2.23. The van der Waals surface area contributed by atoms with Gasteiger partial charge in [-0.2, -0.15) is 0 Å². The van der Waals surface area contributed by atoms with Crippen LogP contribution in [0.3, 0.4) is 0 Å². The summed E-state index contributed by atoms with van der Waals surface area (Å²) in [5, 5.41) is 2.94. The van der Waals surface area contributed by atoms with Crippen LogP contribution in [0.1, 0.15) is 10.4 Å². The average Bonchev–Trinajstić information content (AvgIpc) is 3.18. The van der Waals surface area contributed by atoms with Crippen molar-refractivity contribution in [3.63, 3.8) is 0 Å². The summed E-state index contributed by atoms with van der Waals surface area (Å²) in [5.74, 6) is 0.329. The zero-order chi connectivity index (χ0) is 19.1. The van der Waals surface area contributed by atoms with Crippen molar-refractivity contribution in [3.8, 4) is 5.75 Å². The van der Waals surface area contributed by atoms with Crippen molar-refractivity contribution in [3.05, 3.63) is 80.7 Å². The molecular formula is C20H18Cl2N2O2S. The second-order valence-electron chi connectivity index (χ2n) is 5.87. The van der Waals surface area contributed by atoms with Gasteiger partial charge in [0.2, 0.25) is 0 Å². The molecule has 0 saturated heterocycles. The number of thiophene rings is 1. The van der Waals surface area contributed by atoms with Crippen LogP contribution in [0.4, 0.5) is 0 Å². The smallest absolute Gasteiger partial charge is 0.260 e. The quantitative estimate of drug-likeness (QED) is 0.508. The first kappa shape index (κ1) is 19.7. The van der Waals surface area contributed by atoms with E-state index in [0.717, 1.165) is 12.0 Å². The predicted molar refractivity (Wildman–Crippen MR) is 110 cm³/mol. The minimum atomic E-state index is -0.110. The van der Waals surface area contributed by atoms with Crippen LogP contribution < -0.4 is 4.74 Å². The topological polar surface area (TPSA) is 42.4 Å². The van der Waals surface area contributed by atoms with Crippen LogP contribution in [0.25, 0.3) is 0 Å². The van der Waals surface area contributed by atoms with E-state index in [4.69, 9.17) is 27.9 Å². The Morgan fingerprint density at radius 3 is 2.78 bits per heavy atom. The number of hydrogen-bond acceptors (Lipinski definition) is 4. The molecule has 0 radical (unpaired) electrons. The number of nitrogens with zero attached hydrogens (tertiary/aromatic N) is 2. The lowest BCUT2D eigenvalue weighted by atomic mass is 10.2. The molecule has 0 unspecified atom stereocenters. The molecule has 0 saturated carbocycles. The fraction of sp³-hybridized carbons (Fsp3) is 0.200. The first-order valence-electron chi connectivity index (χ1n) is 8.39. The van der Waals surface area contributed by atoms with Gasteiger partial charge in [-0.1, -0.05) is 35.3 Å². The number of amides is 1. The molecule has 1 aromatic carbocycles. The Morgan fingerprint density at radius 1 is 1.19 bits per heavy atom. The number of hydrogen-bond donors (Lipinski definition) is 0. The van der Waals surface area contributed by atoms with E-state index in [1.54, 1.807) is 46.8 Å². The van der Waals surface area contributed by atoms with Gasteiger partial charge >= 0.3 is 0 Å². The minimum absolute atomic E-state index is 0.0912. The molecule has 2 aromatic heterocycles. The number of carbonyl (C=O) groups excluding carboxylic acids is 1. The highest BCUT2D eigenvalue weighted by Gasteiger charge is 2.16. The van der Waals surface area contributed by atoms with Crippen LogP contribution in [0.15, 0.2) is 60.2 Å². The number of pyridine rings is 1. The SMILES string of the molecule is O=C(COc1ccc(Cl)cc1Cl)N(CCc1cccs1)Cc1cccnc1. The van der Waals surface area contributed by atoms with Gasteiger partial charge in [0.25, 0.3) is 5.91 Å². The van der Waals surface area contributed by atoms with Gasteiger partial charge in [0, 0.05) is 35.4 Å². The molecule has 1 amide bonds. The average molecular weight is 421 g/mol. The fourth-order valence-electron chi connectivity index (χ4n) is 2.53. The molecule has 4 nitrogen and oxygen atoms in total. The molecule has 0 atom stereocenters. The molecule has 0 N–H and O–H groups in total. The number of carbonyl (C=O) groups is 1. The third-order valence-electron chi connectivity index (χ3n) is 3.90. The fourth-order valence-corrected chi connectivity index (χ4v) is 3.69. The van der Waals surface area contributed by atoms with Gasteiger partial charge in [-0.3, -0.25) is 9.78 Å². The molecule has 7 heteroatoms. The summed E-state index contributed by atoms with van der Waals surface area (Å²) in [6.07, 6.45) is 4.28. The van der Waals surface area contributed by atoms with Crippen LogP contribution in [0.2, 0.25) is 10.0 Å². The van der Waals surface area contributed by atoms with Crippen LogP contribution >= 0.6 is 34.5 Å². The first-order chi connectivity index (χ1) is 13.1. The van der Waals surface area contributed by atoms with Crippen molar-refractivity contribution >= 4 is 40.4 Å². The highest BCUT2D eigenvalue weighted by atomic mass is 35.5. The third kappa shape index (κ3) is 5.96. The molecule has 0 bridgehead atoms. The van der Waals surface area contributed by atoms with E-state index >= 15 is 0 Å². The summed E-state index contributed by atoms with van der Waals surface area (Å²) in [5.41, 5.74) is 0.974. The molecule has 0 spiro atoms. The monoisotopic (exact) mass is 420 g/mol. The van der Waals surface area contributed by atoms with Gasteiger partial charge in [-0.25, -0.2) is 0 Å². The number of aromatic nitrogens is 1. The highest BCUT2D eigenvalue weighted by Crippen LogP contribution is 2.27. The van der Waals surface area contributed by atoms with E-state index in [2.05, 4.69) is 11.1 Å². The van der Waals surface area contributed by atoms with E-state index in [0.29, 0.717) is 28.9 Å². The van der Waals surface area contributed by atoms with Gasteiger partial charge in [0.1, 0.15) is 5.75 Å². The second-order valence-corrected chi connectivity index (χ2v) is 7.75. The minimum Gasteiger partial charge on any atom is -0.482 e. The van der Waals surface area contributed by atoms with E-state index < -0.39 is 0 Å². The standard InChI is InChI=1S/C20H18Cl2N2O2S/c21-16-5-6-19(18(22)11-16)26-14-20(25)24(9-7-17-4-2-10-27-17)13-15-3-1-8-23-12-15/h1-6,8,10-12H,7,9,13-14H2. The molecular weight excluding hydrogens is 403 g/mol. The Labute approximate surface area is 172 Å². The summed E-state index contributed by atoms with van der Waals surface area (Å²) < 4.78 is 5.61. The van der Waals surface area contributed by atoms with Gasteiger partial charge in [-0.05, 0) is 47.7 Å². The lowest BCUT2D eigenvalue weighted by molar-refractivity contribution is -0.134. The molecule has 0 aliphatic rings. The largest absolute Gasteiger partial charge is 0.482 e. The maximum atomic E-state index is 12.8. The number of halogens is 2. The Balaban J connectivity index is 1.65. The summed E-state index contributed by atoms with van der Waals surface area (Å²) >= 11 is 13.7. The van der Waals surface area contributed by atoms with Crippen LogP contribution in [-0.4, -0.2) is 28.9 Å². The van der Waals surface area contributed by atoms with Gasteiger partial charge < -0.3 is 9.64 Å². The van der Waals surface area contributed by atoms with E-state index in [1.807, 2.05) is 23.6 Å². The maximum Gasteiger partial charge on any atom is 0.260 e. The molecule has 140 valence electrons. The maximum absolute atomic E-state index is 12.8. The molecule has 0 aliphatic heterocycles. The van der Waals surface area contributed by atoms with Crippen LogP contribution in [0.5, 0.6) is 5.75 Å².